The van der Waals surface area contributed by atoms with Crippen LogP contribution in [0.4, 0.5) is 11.4 Å². The molecule has 1 N–H and O–H groups in total. The van der Waals surface area contributed by atoms with Gasteiger partial charge in [0.2, 0.25) is 0 Å². The van der Waals surface area contributed by atoms with Crippen molar-refractivity contribution in [3.05, 3.63) is 60.0 Å². The van der Waals surface area contributed by atoms with Gasteiger partial charge in [-0.2, -0.15) is 0 Å². The van der Waals surface area contributed by atoms with Gasteiger partial charge in [-0.1, -0.05) is 18.2 Å². The number of hydrogen-bond acceptors (Lipinski definition) is 5. The molecule has 0 spiro atoms. The third-order valence-corrected chi connectivity index (χ3v) is 3.72. The largest absolute Gasteiger partial charge is 0.354 e. The lowest BCUT2D eigenvalue weighted by atomic mass is 10.2. The zero-order valence-corrected chi connectivity index (χ0v) is 11.3. The molecule has 0 atom stereocenters. The standard InChI is InChI=1S/C15H11N3OS/c19-10-15-17-9-14(20-15)12-6-7-16-8-13(12)18-11-4-2-1-3-5-11/h1-10,18H. The molecule has 1 aromatic carbocycles. The Morgan fingerprint density at radius 3 is 2.70 bits per heavy atom. The van der Waals surface area contributed by atoms with Crippen LogP contribution in [0.15, 0.2) is 55.0 Å². The van der Waals surface area contributed by atoms with Crippen molar-refractivity contribution < 1.29 is 4.79 Å². The lowest BCUT2D eigenvalue weighted by Gasteiger charge is -2.09. The zero-order chi connectivity index (χ0) is 13.8. The highest BCUT2D eigenvalue weighted by Gasteiger charge is 2.09. The van der Waals surface area contributed by atoms with Crippen LogP contribution in [0.5, 0.6) is 0 Å². The fourth-order valence-electron chi connectivity index (χ4n) is 1.85. The normalized spacial score (nSPS) is 10.2. The Bertz CT molecular complexity index is 725. The number of aldehydes is 1. The maximum absolute atomic E-state index is 10.7. The smallest absolute Gasteiger partial charge is 0.178 e. The average Bonchev–Trinajstić information content (AvgIpc) is 2.98. The predicted octanol–water partition coefficient (Wildman–Crippen LogP) is 3.76. The molecule has 98 valence electrons. The minimum Gasteiger partial charge on any atom is -0.354 e. The lowest BCUT2D eigenvalue weighted by Crippen LogP contribution is -1.93. The molecule has 0 aliphatic rings. The number of carbonyl (C=O) groups is 1. The molecule has 0 saturated heterocycles. The summed E-state index contributed by atoms with van der Waals surface area (Å²) in [5.74, 6) is 0. The quantitative estimate of drug-likeness (QED) is 0.740. The second-order valence-electron chi connectivity index (χ2n) is 4.09. The fourth-order valence-corrected chi connectivity index (χ4v) is 2.62. The van der Waals surface area contributed by atoms with E-state index in [1.165, 1.54) is 11.3 Å². The van der Waals surface area contributed by atoms with Crippen LogP contribution < -0.4 is 5.32 Å². The van der Waals surface area contributed by atoms with Crippen molar-refractivity contribution in [3.63, 3.8) is 0 Å². The molecule has 2 aromatic heterocycles. The Hall–Kier alpha value is -2.53. The van der Waals surface area contributed by atoms with Crippen LogP contribution in [0.1, 0.15) is 9.80 Å². The van der Waals surface area contributed by atoms with Crippen LogP contribution in [0, 0.1) is 0 Å². The number of carbonyl (C=O) groups excluding carboxylic acids is 1. The molecule has 2 heterocycles. The minimum absolute atomic E-state index is 0.475. The summed E-state index contributed by atoms with van der Waals surface area (Å²) in [5.41, 5.74) is 2.86. The van der Waals surface area contributed by atoms with Crippen molar-refractivity contribution in [2.75, 3.05) is 5.32 Å². The first kappa shape index (κ1) is 12.5. The van der Waals surface area contributed by atoms with E-state index < -0.39 is 0 Å². The first-order valence-electron chi connectivity index (χ1n) is 6.04. The summed E-state index contributed by atoms with van der Waals surface area (Å²) >= 11 is 1.36. The number of thiazole rings is 1. The molecule has 0 amide bonds. The highest BCUT2D eigenvalue weighted by molar-refractivity contribution is 7.16. The summed E-state index contributed by atoms with van der Waals surface area (Å²) in [6.45, 7) is 0. The average molecular weight is 281 g/mol. The maximum Gasteiger partial charge on any atom is 0.178 e. The Morgan fingerprint density at radius 2 is 1.95 bits per heavy atom. The molecule has 0 bridgehead atoms. The van der Waals surface area contributed by atoms with Crippen molar-refractivity contribution in [1.82, 2.24) is 9.97 Å². The Balaban J connectivity index is 1.98. The van der Waals surface area contributed by atoms with Gasteiger partial charge in [0, 0.05) is 23.6 Å². The Morgan fingerprint density at radius 1 is 1.10 bits per heavy atom. The van der Waals surface area contributed by atoms with E-state index in [4.69, 9.17) is 0 Å². The van der Waals surface area contributed by atoms with Gasteiger partial charge >= 0.3 is 0 Å². The summed E-state index contributed by atoms with van der Waals surface area (Å²) in [6.07, 6.45) is 5.97. The molecule has 0 saturated carbocycles. The Labute approximate surface area is 120 Å². The molecule has 5 heteroatoms. The summed E-state index contributed by atoms with van der Waals surface area (Å²) < 4.78 is 0. The number of anilines is 2. The van der Waals surface area contributed by atoms with Crippen LogP contribution in [0.3, 0.4) is 0 Å². The van der Waals surface area contributed by atoms with Crippen molar-refractivity contribution in [1.29, 1.82) is 0 Å². The topological polar surface area (TPSA) is 54.9 Å². The third kappa shape index (κ3) is 2.57. The van der Waals surface area contributed by atoms with Gasteiger partial charge in [-0.3, -0.25) is 9.78 Å². The zero-order valence-electron chi connectivity index (χ0n) is 10.5. The monoisotopic (exact) mass is 281 g/mol. The maximum atomic E-state index is 10.7. The molecular formula is C15H11N3OS. The molecule has 0 aliphatic heterocycles. The van der Waals surface area contributed by atoms with Crippen LogP contribution in [0.25, 0.3) is 10.4 Å². The molecular weight excluding hydrogens is 270 g/mol. The minimum atomic E-state index is 0.475. The number of nitrogens with one attached hydrogen (secondary N) is 1. The summed E-state index contributed by atoms with van der Waals surface area (Å²) in [5, 5.41) is 3.80. The molecule has 3 aromatic rings. The van der Waals surface area contributed by atoms with Crippen molar-refractivity contribution in [2.45, 2.75) is 0 Å². The highest BCUT2D eigenvalue weighted by Crippen LogP contribution is 2.32. The SMILES string of the molecule is O=Cc1ncc(-c2ccncc2Nc2ccccc2)s1. The first-order chi connectivity index (χ1) is 9.86. The van der Waals surface area contributed by atoms with Gasteiger partial charge in [-0.15, -0.1) is 11.3 Å². The number of aromatic nitrogens is 2. The fraction of sp³-hybridized carbons (Fsp3) is 0. The Kier molecular flexibility index (Phi) is 3.52. The number of nitrogens with zero attached hydrogens (tertiary/aromatic N) is 2. The number of rotatable bonds is 4. The van der Waals surface area contributed by atoms with Gasteiger partial charge in [-0.05, 0) is 18.2 Å². The van der Waals surface area contributed by atoms with Crippen LogP contribution in [-0.2, 0) is 0 Å². The van der Waals surface area contributed by atoms with E-state index in [9.17, 15) is 4.79 Å². The van der Waals surface area contributed by atoms with Crippen LogP contribution in [0.2, 0.25) is 0 Å². The van der Waals surface area contributed by atoms with Gasteiger partial charge in [0.1, 0.15) is 0 Å². The number of hydrogen-bond donors (Lipinski definition) is 1. The second kappa shape index (κ2) is 5.63. The molecule has 4 nitrogen and oxygen atoms in total. The number of benzene rings is 1. The van der Waals surface area contributed by atoms with E-state index >= 15 is 0 Å². The lowest BCUT2D eigenvalue weighted by molar-refractivity contribution is 0.112. The van der Waals surface area contributed by atoms with Crippen LogP contribution in [-0.4, -0.2) is 16.3 Å². The van der Waals surface area contributed by atoms with Crippen LogP contribution >= 0.6 is 11.3 Å². The summed E-state index contributed by atoms with van der Waals surface area (Å²) in [6, 6.07) is 11.8. The number of para-hydroxylation sites is 1. The molecule has 0 fully saturated rings. The summed E-state index contributed by atoms with van der Waals surface area (Å²) in [4.78, 5) is 19.9. The summed E-state index contributed by atoms with van der Waals surface area (Å²) in [7, 11) is 0. The van der Waals surface area contributed by atoms with Crippen molar-refractivity contribution >= 4 is 29.0 Å². The van der Waals surface area contributed by atoms with Crippen molar-refractivity contribution in [3.8, 4) is 10.4 Å². The molecule has 0 aliphatic carbocycles. The highest BCUT2D eigenvalue weighted by atomic mass is 32.1. The third-order valence-electron chi connectivity index (χ3n) is 2.76. The van der Waals surface area contributed by atoms with E-state index in [1.807, 2.05) is 36.4 Å². The van der Waals surface area contributed by atoms with Gasteiger partial charge in [-0.25, -0.2) is 4.98 Å². The van der Waals surface area contributed by atoms with Gasteiger partial charge < -0.3 is 5.32 Å². The predicted molar refractivity (Wildman–Crippen MR) is 80.5 cm³/mol. The van der Waals surface area contributed by atoms with E-state index in [0.717, 1.165) is 28.1 Å². The van der Waals surface area contributed by atoms with E-state index in [2.05, 4.69) is 15.3 Å². The first-order valence-corrected chi connectivity index (χ1v) is 6.86. The second-order valence-corrected chi connectivity index (χ2v) is 5.16. The number of pyridine rings is 1. The van der Waals surface area contributed by atoms with E-state index in [1.54, 1.807) is 18.6 Å². The van der Waals surface area contributed by atoms with Gasteiger partial charge in [0.15, 0.2) is 11.3 Å². The molecule has 0 radical (unpaired) electrons. The van der Waals surface area contributed by atoms with E-state index in [0.29, 0.717) is 5.01 Å². The molecule has 0 unspecified atom stereocenters. The molecule has 3 rings (SSSR count). The van der Waals surface area contributed by atoms with Crippen molar-refractivity contribution in [2.24, 2.45) is 0 Å². The molecule has 20 heavy (non-hydrogen) atoms. The van der Waals surface area contributed by atoms with Gasteiger partial charge in [0.05, 0.1) is 16.8 Å². The van der Waals surface area contributed by atoms with Gasteiger partial charge in [0.25, 0.3) is 0 Å². The van der Waals surface area contributed by atoms with E-state index in [-0.39, 0.29) is 0 Å².